The number of fused-ring (bicyclic) bond motifs is 1. The molecule has 3 rings (SSSR count). The number of hydrogen-bond donors (Lipinski definition) is 1. The zero-order chi connectivity index (χ0) is 15.7. The SMILES string of the molecule is COc1ccc2c(c1)nc(C(C)N)n2Cc1ccccc1C. The lowest BCUT2D eigenvalue weighted by atomic mass is 10.1. The zero-order valence-corrected chi connectivity index (χ0v) is 13.2. The summed E-state index contributed by atoms with van der Waals surface area (Å²) < 4.78 is 7.48. The van der Waals surface area contributed by atoms with Gasteiger partial charge in [0.1, 0.15) is 11.6 Å². The topological polar surface area (TPSA) is 53.1 Å². The molecule has 2 aromatic carbocycles. The van der Waals surface area contributed by atoms with Gasteiger partial charge in [-0.2, -0.15) is 0 Å². The normalized spacial score (nSPS) is 12.5. The van der Waals surface area contributed by atoms with E-state index in [1.165, 1.54) is 11.1 Å². The van der Waals surface area contributed by atoms with Gasteiger partial charge < -0.3 is 15.0 Å². The van der Waals surface area contributed by atoms with Gasteiger partial charge >= 0.3 is 0 Å². The van der Waals surface area contributed by atoms with E-state index in [2.05, 4.69) is 35.8 Å². The van der Waals surface area contributed by atoms with E-state index in [0.29, 0.717) is 0 Å². The second-order valence-corrected chi connectivity index (χ2v) is 5.63. The molecule has 1 heterocycles. The summed E-state index contributed by atoms with van der Waals surface area (Å²) in [6.45, 7) is 4.86. The Labute approximate surface area is 130 Å². The summed E-state index contributed by atoms with van der Waals surface area (Å²) in [5.74, 6) is 1.70. The number of ether oxygens (including phenoxy) is 1. The van der Waals surface area contributed by atoms with E-state index in [1.807, 2.05) is 25.1 Å². The number of rotatable bonds is 4. The van der Waals surface area contributed by atoms with Crippen LogP contribution in [0.15, 0.2) is 42.5 Å². The second-order valence-electron chi connectivity index (χ2n) is 5.63. The molecule has 1 aromatic heterocycles. The number of nitrogens with zero attached hydrogens (tertiary/aromatic N) is 2. The van der Waals surface area contributed by atoms with Crippen molar-refractivity contribution in [3.8, 4) is 5.75 Å². The molecule has 0 bridgehead atoms. The third kappa shape index (κ3) is 2.57. The van der Waals surface area contributed by atoms with Gasteiger partial charge in [-0.15, -0.1) is 0 Å². The van der Waals surface area contributed by atoms with Gasteiger partial charge in [-0.1, -0.05) is 24.3 Å². The number of aromatic nitrogens is 2. The van der Waals surface area contributed by atoms with Gasteiger partial charge in [0.2, 0.25) is 0 Å². The first kappa shape index (κ1) is 14.6. The molecule has 0 fully saturated rings. The van der Waals surface area contributed by atoms with Crippen LogP contribution >= 0.6 is 0 Å². The van der Waals surface area contributed by atoms with Crippen LogP contribution in [0.5, 0.6) is 5.75 Å². The predicted molar refractivity (Wildman–Crippen MR) is 89.2 cm³/mol. The van der Waals surface area contributed by atoms with Crippen molar-refractivity contribution in [3.63, 3.8) is 0 Å². The molecule has 114 valence electrons. The lowest BCUT2D eigenvalue weighted by molar-refractivity contribution is 0.415. The van der Waals surface area contributed by atoms with Crippen molar-refractivity contribution in [2.75, 3.05) is 7.11 Å². The molecule has 3 aromatic rings. The Morgan fingerprint density at radius 2 is 2.00 bits per heavy atom. The van der Waals surface area contributed by atoms with Crippen LogP contribution in [0.25, 0.3) is 11.0 Å². The Kier molecular flexibility index (Phi) is 3.86. The van der Waals surface area contributed by atoms with Gasteiger partial charge in [-0.05, 0) is 37.1 Å². The first-order chi connectivity index (χ1) is 10.6. The third-order valence-corrected chi connectivity index (χ3v) is 3.98. The lowest BCUT2D eigenvalue weighted by Gasteiger charge is -2.13. The summed E-state index contributed by atoms with van der Waals surface area (Å²) in [4.78, 5) is 4.70. The summed E-state index contributed by atoms with van der Waals surface area (Å²) in [6.07, 6.45) is 0. The Morgan fingerprint density at radius 1 is 1.23 bits per heavy atom. The number of imidazole rings is 1. The van der Waals surface area contributed by atoms with Crippen LogP contribution in [0.4, 0.5) is 0 Å². The number of benzene rings is 2. The highest BCUT2D eigenvalue weighted by molar-refractivity contribution is 5.78. The molecular formula is C18H21N3O. The maximum atomic E-state index is 6.13. The van der Waals surface area contributed by atoms with E-state index in [-0.39, 0.29) is 6.04 Å². The fourth-order valence-electron chi connectivity index (χ4n) is 2.73. The molecule has 0 saturated carbocycles. The lowest BCUT2D eigenvalue weighted by Crippen LogP contribution is -2.14. The molecule has 0 aliphatic heterocycles. The van der Waals surface area contributed by atoms with Crippen LogP contribution in [0.3, 0.4) is 0 Å². The van der Waals surface area contributed by atoms with Crippen LogP contribution < -0.4 is 10.5 Å². The fraction of sp³-hybridized carbons (Fsp3) is 0.278. The van der Waals surface area contributed by atoms with E-state index < -0.39 is 0 Å². The molecule has 22 heavy (non-hydrogen) atoms. The maximum Gasteiger partial charge on any atom is 0.126 e. The Hall–Kier alpha value is -2.33. The van der Waals surface area contributed by atoms with Crippen molar-refractivity contribution < 1.29 is 4.74 Å². The molecule has 1 unspecified atom stereocenters. The fourth-order valence-corrected chi connectivity index (χ4v) is 2.73. The van der Waals surface area contributed by atoms with E-state index in [9.17, 15) is 0 Å². The maximum absolute atomic E-state index is 6.13. The molecule has 0 saturated heterocycles. The van der Waals surface area contributed by atoms with E-state index in [4.69, 9.17) is 15.5 Å². The average Bonchev–Trinajstić information content (AvgIpc) is 2.87. The monoisotopic (exact) mass is 295 g/mol. The highest BCUT2D eigenvalue weighted by Crippen LogP contribution is 2.25. The molecule has 4 heteroatoms. The van der Waals surface area contributed by atoms with Gasteiger partial charge in [0.05, 0.1) is 24.2 Å². The first-order valence-electron chi connectivity index (χ1n) is 7.44. The quantitative estimate of drug-likeness (QED) is 0.802. The minimum Gasteiger partial charge on any atom is -0.497 e. The van der Waals surface area contributed by atoms with Crippen LogP contribution in [0.1, 0.15) is 29.9 Å². The van der Waals surface area contributed by atoms with Crippen molar-refractivity contribution in [1.29, 1.82) is 0 Å². The van der Waals surface area contributed by atoms with Crippen molar-refractivity contribution in [2.24, 2.45) is 5.73 Å². The molecule has 4 nitrogen and oxygen atoms in total. The molecule has 0 aliphatic rings. The largest absolute Gasteiger partial charge is 0.497 e. The smallest absolute Gasteiger partial charge is 0.126 e. The van der Waals surface area contributed by atoms with Crippen LogP contribution in [-0.2, 0) is 6.54 Å². The Balaban J connectivity index is 2.14. The zero-order valence-electron chi connectivity index (χ0n) is 13.2. The second kappa shape index (κ2) is 5.81. The van der Waals surface area contributed by atoms with Gasteiger partial charge in [-0.3, -0.25) is 0 Å². The van der Waals surface area contributed by atoms with E-state index in [1.54, 1.807) is 7.11 Å². The molecule has 0 aliphatic carbocycles. The van der Waals surface area contributed by atoms with Crippen LogP contribution in [-0.4, -0.2) is 16.7 Å². The summed E-state index contributed by atoms with van der Waals surface area (Å²) in [7, 11) is 1.66. The number of nitrogens with two attached hydrogens (primary N) is 1. The first-order valence-corrected chi connectivity index (χ1v) is 7.44. The summed E-state index contributed by atoms with van der Waals surface area (Å²) in [5.41, 5.74) is 10.7. The summed E-state index contributed by atoms with van der Waals surface area (Å²) >= 11 is 0. The van der Waals surface area contributed by atoms with E-state index >= 15 is 0 Å². The van der Waals surface area contributed by atoms with Crippen molar-refractivity contribution in [1.82, 2.24) is 9.55 Å². The molecule has 0 spiro atoms. The third-order valence-electron chi connectivity index (χ3n) is 3.98. The summed E-state index contributed by atoms with van der Waals surface area (Å²) in [6, 6.07) is 14.2. The summed E-state index contributed by atoms with van der Waals surface area (Å²) in [5, 5.41) is 0. The molecular weight excluding hydrogens is 274 g/mol. The van der Waals surface area contributed by atoms with Gasteiger partial charge in [0, 0.05) is 12.6 Å². The average molecular weight is 295 g/mol. The highest BCUT2D eigenvalue weighted by atomic mass is 16.5. The minimum atomic E-state index is -0.123. The van der Waals surface area contributed by atoms with Crippen molar-refractivity contribution >= 4 is 11.0 Å². The van der Waals surface area contributed by atoms with Gasteiger partial charge in [0.15, 0.2) is 0 Å². The molecule has 1 atom stereocenters. The predicted octanol–water partition coefficient (Wildman–Crippen LogP) is 3.42. The molecule has 2 N–H and O–H groups in total. The number of methoxy groups -OCH3 is 1. The van der Waals surface area contributed by atoms with Crippen LogP contribution in [0, 0.1) is 6.92 Å². The molecule has 0 amide bonds. The van der Waals surface area contributed by atoms with Gasteiger partial charge in [-0.25, -0.2) is 4.98 Å². The standard InChI is InChI=1S/C18H21N3O/c1-12-6-4-5-7-14(12)11-21-17-9-8-15(22-3)10-16(17)20-18(21)13(2)19/h4-10,13H,11,19H2,1-3H3. The molecule has 0 radical (unpaired) electrons. The minimum absolute atomic E-state index is 0.123. The number of aryl methyl sites for hydroxylation is 1. The van der Waals surface area contributed by atoms with E-state index in [0.717, 1.165) is 29.2 Å². The van der Waals surface area contributed by atoms with Crippen molar-refractivity contribution in [2.45, 2.75) is 26.4 Å². The highest BCUT2D eigenvalue weighted by Gasteiger charge is 2.15. The number of hydrogen-bond acceptors (Lipinski definition) is 3. The Morgan fingerprint density at radius 3 is 2.68 bits per heavy atom. The Bertz CT molecular complexity index is 805. The van der Waals surface area contributed by atoms with Crippen molar-refractivity contribution in [3.05, 3.63) is 59.4 Å². The van der Waals surface area contributed by atoms with Gasteiger partial charge in [0.25, 0.3) is 0 Å². The van der Waals surface area contributed by atoms with Crippen LogP contribution in [0.2, 0.25) is 0 Å².